The highest BCUT2D eigenvalue weighted by atomic mass is 35.5. The second kappa shape index (κ2) is 10.1. The third-order valence-electron chi connectivity index (χ3n) is 3.24. The van der Waals surface area contributed by atoms with Crippen LogP contribution in [0.3, 0.4) is 0 Å². The van der Waals surface area contributed by atoms with Crippen LogP contribution in [0, 0.1) is 5.41 Å². The van der Waals surface area contributed by atoms with Gasteiger partial charge in [0.25, 0.3) is 0 Å². The van der Waals surface area contributed by atoms with Crippen LogP contribution in [0.15, 0.2) is 0 Å². The molecule has 0 amide bonds. The molecule has 0 aromatic heterocycles. The van der Waals surface area contributed by atoms with Gasteiger partial charge in [-0.2, -0.15) is 4.89 Å². The first-order valence-electron chi connectivity index (χ1n) is 8.16. The summed E-state index contributed by atoms with van der Waals surface area (Å²) < 4.78 is 4.82. The van der Waals surface area contributed by atoms with Crippen molar-refractivity contribution >= 4 is 23.0 Å². The molecule has 0 aliphatic rings. The van der Waals surface area contributed by atoms with Gasteiger partial charge in [-0.05, 0) is 39.0 Å². The third kappa shape index (κ3) is 14.5. The van der Waals surface area contributed by atoms with Gasteiger partial charge < -0.3 is 4.74 Å². The van der Waals surface area contributed by atoms with E-state index in [0.717, 1.165) is 25.7 Å². The minimum atomic E-state index is -0.861. The Morgan fingerprint density at radius 1 is 1.04 bits per heavy atom. The molecule has 0 radical (unpaired) electrons. The molecular weight excluding hydrogens is 320 g/mol. The summed E-state index contributed by atoms with van der Waals surface area (Å²) in [6.07, 6.45) is 4.31. The van der Waals surface area contributed by atoms with Crippen LogP contribution in [0.5, 0.6) is 0 Å². The lowest BCUT2D eigenvalue weighted by atomic mass is 9.89. The van der Waals surface area contributed by atoms with E-state index in [-0.39, 0.29) is 5.97 Å². The summed E-state index contributed by atoms with van der Waals surface area (Å²) in [7, 11) is 0. The van der Waals surface area contributed by atoms with Crippen molar-refractivity contribution in [1.82, 2.24) is 0 Å². The standard InChI is InChI=1S/C17H31ClO5/c1-13(21-15(18)20)12-17(5,6)23-22-14(19)10-8-7-9-11-16(2,3)4/h13H,7-12H2,1-6H3. The van der Waals surface area contributed by atoms with Gasteiger partial charge in [0.1, 0.15) is 11.7 Å². The molecule has 0 fully saturated rings. The molecule has 0 saturated heterocycles. The highest BCUT2D eigenvalue weighted by Gasteiger charge is 2.26. The SMILES string of the molecule is CC(CC(C)(C)OOC(=O)CCCCCC(C)(C)C)OC(=O)Cl. The first-order valence-corrected chi connectivity index (χ1v) is 8.54. The zero-order valence-corrected chi connectivity index (χ0v) is 16.0. The molecule has 0 aromatic rings. The van der Waals surface area contributed by atoms with Crippen molar-refractivity contribution < 1.29 is 24.1 Å². The number of ether oxygens (including phenoxy) is 1. The van der Waals surface area contributed by atoms with Crippen LogP contribution in [-0.4, -0.2) is 23.1 Å². The molecule has 0 heterocycles. The van der Waals surface area contributed by atoms with E-state index in [1.807, 2.05) is 0 Å². The maximum Gasteiger partial charge on any atom is 0.404 e. The Hall–Kier alpha value is -0.810. The maximum absolute atomic E-state index is 11.7. The maximum atomic E-state index is 11.7. The summed E-state index contributed by atoms with van der Waals surface area (Å²) in [6, 6.07) is 0. The van der Waals surface area contributed by atoms with Gasteiger partial charge in [-0.1, -0.05) is 33.6 Å². The fourth-order valence-electron chi connectivity index (χ4n) is 2.23. The normalized spacial score (nSPS) is 13.5. The van der Waals surface area contributed by atoms with Crippen molar-refractivity contribution in [3.63, 3.8) is 0 Å². The Kier molecular flexibility index (Phi) is 9.78. The van der Waals surface area contributed by atoms with Gasteiger partial charge in [-0.3, -0.25) is 4.89 Å². The summed E-state index contributed by atoms with van der Waals surface area (Å²) in [4.78, 5) is 32.3. The van der Waals surface area contributed by atoms with Gasteiger partial charge in [-0.15, -0.1) is 0 Å². The van der Waals surface area contributed by atoms with Crippen molar-refractivity contribution in [1.29, 1.82) is 0 Å². The predicted octanol–water partition coefficient (Wildman–Crippen LogP) is 5.39. The average Bonchev–Trinajstić information content (AvgIpc) is 2.32. The predicted molar refractivity (Wildman–Crippen MR) is 90.2 cm³/mol. The zero-order valence-electron chi connectivity index (χ0n) is 15.2. The minimum absolute atomic E-state index is 0.330. The summed E-state index contributed by atoms with van der Waals surface area (Å²) in [5, 5.41) is 0. The number of hydrogen-bond acceptors (Lipinski definition) is 5. The molecule has 6 heteroatoms. The molecule has 1 unspecified atom stereocenters. The Bertz CT molecular complexity index is 374. The smallest absolute Gasteiger partial charge is 0.404 e. The quantitative estimate of drug-likeness (QED) is 0.229. The second-order valence-electron chi connectivity index (χ2n) is 7.79. The summed E-state index contributed by atoms with van der Waals surface area (Å²) >= 11 is 5.15. The molecule has 0 aromatic carbocycles. The lowest BCUT2D eigenvalue weighted by molar-refractivity contribution is -0.328. The molecule has 0 aliphatic heterocycles. The van der Waals surface area contributed by atoms with Crippen molar-refractivity contribution in [2.45, 2.75) is 91.8 Å². The monoisotopic (exact) mass is 350 g/mol. The van der Waals surface area contributed by atoms with Gasteiger partial charge in [0.2, 0.25) is 0 Å². The average molecular weight is 351 g/mol. The molecule has 1 atom stereocenters. The molecule has 0 spiro atoms. The van der Waals surface area contributed by atoms with Gasteiger partial charge in [0.15, 0.2) is 0 Å². The topological polar surface area (TPSA) is 61.8 Å². The van der Waals surface area contributed by atoms with E-state index in [4.69, 9.17) is 26.1 Å². The van der Waals surface area contributed by atoms with E-state index in [1.165, 1.54) is 0 Å². The van der Waals surface area contributed by atoms with E-state index >= 15 is 0 Å². The minimum Gasteiger partial charge on any atom is -0.451 e. The number of halogens is 1. The highest BCUT2D eigenvalue weighted by molar-refractivity contribution is 6.61. The van der Waals surface area contributed by atoms with Crippen molar-refractivity contribution in [2.75, 3.05) is 0 Å². The number of carbonyl (C=O) groups is 2. The van der Waals surface area contributed by atoms with Gasteiger partial charge >= 0.3 is 11.4 Å². The number of rotatable bonds is 10. The first kappa shape index (κ1) is 22.2. The van der Waals surface area contributed by atoms with E-state index in [2.05, 4.69) is 20.8 Å². The molecule has 0 saturated carbocycles. The molecule has 23 heavy (non-hydrogen) atoms. The Balaban J connectivity index is 3.88. The molecule has 0 N–H and O–H groups in total. The number of hydrogen-bond donors (Lipinski definition) is 0. The van der Waals surface area contributed by atoms with Gasteiger partial charge in [-0.25, -0.2) is 9.59 Å². The van der Waals surface area contributed by atoms with Crippen molar-refractivity contribution in [2.24, 2.45) is 5.41 Å². The van der Waals surface area contributed by atoms with Gasteiger partial charge in [0.05, 0.1) is 0 Å². The number of unbranched alkanes of at least 4 members (excludes halogenated alkanes) is 2. The first-order chi connectivity index (χ1) is 10.4. The van der Waals surface area contributed by atoms with Crippen LogP contribution in [0.2, 0.25) is 0 Å². The number of carbonyl (C=O) groups excluding carboxylic acids is 2. The largest absolute Gasteiger partial charge is 0.451 e. The highest BCUT2D eigenvalue weighted by Crippen LogP contribution is 2.23. The lowest BCUT2D eigenvalue weighted by Gasteiger charge is -2.25. The van der Waals surface area contributed by atoms with E-state index in [0.29, 0.717) is 18.3 Å². The molecule has 0 rings (SSSR count). The molecular formula is C17H31ClO5. The van der Waals surface area contributed by atoms with Crippen LogP contribution in [0.1, 0.15) is 80.1 Å². The van der Waals surface area contributed by atoms with Gasteiger partial charge in [0, 0.05) is 24.4 Å². The van der Waals surface area contributed by atoms with E-state index in [1.54, 1.807) is 20.8 Å². The third-order valence-corrected chi connectivity index (χ3v) is 3.33. The molecule has 5 nitrogen and oxygen atoms in total. The fraction of sp³-hybridized carbons (Fsp3) is 0.882. The Morgan fingerprint density at radius 2 is 1.65 bits per heavy atom. The van der Waals surface area contributed by atoms with Crippen molar-refractivity contribution in [3.8, 4) is 0 Å². The Morgan fingerprint density at radius 3 is 2.17 bits per heavy atom. The lowest BCUT2D eigenvalue weighted by Crippen LogP contribution is -2.31. The van der Waals surface area contributed by atoms with E-state index in [9.17, 15) is 9.59 Å². The molecule has 0 aliphatic carbocycles. The van der Waals surface area contributed by atoms with Crippen LogP contribution < -0.4 is 0 Å². The van der Waals surface area contributed by atoms with Crippen LogP contribution in [0.25, 0.3) is 0 Å². The summed E-state index contributed by atoms with van der Waals surface area (Å²) in [6.45, 7) is 11.8. The zero-order chi connectivity index (χ0) is 18.1. The summed E-state index contributed by atoms with van der Waals surface area (Å²) in [5.41, 5.74) is -1.29. The molecule has 136 valence electrons. The van der Waals surface area contributed by atoms with Crippen LogP contribution in [-0.2, 0) is 19.3 Å². The van der Waals surface area contributed by atoms with Crippen molar-refractivity contribution in [3.05, 3.63) is 0 Å². The Labute approximate surface area is 144 Å². The fourth-order valence-corrected chi connectivity index (χ4v) is 2.38. The molecule has 0 bridgehead atoms. The van der Waals surface area contributed by atoms with E-state index < -0.39 is 17.1 Å². The van der Waals surface area contributed by atoms with Crippen LogP contribution in [0.4, 0.5) is 4.79 Å². The second-order valence-corrected chi connectivity index (χ2v) is 8.10. The summed E-state index contributed by atoms with van der Waals surface area (Å²) in [5.74, 6) is -0.379. The van der Waals surface area contributed by atoms with Crippen LogP contribution >= 0.6 is 11.6 Å².